The normalized spacial score (nSPS) is 12.1. The Labute approximate surface area is 97.4 Å². The van der Waals surface area contributed by atoms with Crippen molar-refractivity contribution in [1.29, 1.82) is 0 Å². The van der Waals surface area contributed by atoms with E-state index in [2.05, 4.69) is 4.90 Å². The zero-order chi connectivity index (χ0) is 12.3. The van der Waals surface area contributed by atoms with Gasteiger partial charge in [-0.25, -0.2) is 0 Å². The Bertz CT molecular complexity index is 366. The molecule has 0 aliphatic rings. The van der Waals surface area contributed by atoms with E-state index in [-0.39, 0.29) is 11.2 Å². The van der Waals surface area contributed by atoms with Crippen LogP contribution in [0.25, 0.3) is 0 Å². The van der Waals surface area contributed by atoms with Crippen LogP contribution in [0.4, 0.5) is 0 Å². The summed E-state index contributed by atoms with van der Waals surface area (Å²) in [5.41, 5.74) is -0.295. The molecule has 0 saturated heterocycles. The molecule has 0 saturated carbocycles. The molecule has 0 spiro atoms. The number of rotatable bonds is 5. The molecule has 90 valence electrons. The Morgan fingerprint density at radius 3 is 2.50 bits per heavy atom. The largest absolute Gasteiger partial charge is 0.465 e. The van der Waals surface area contributed by atoms with E-state index in [4.69, 9.17) is 4.42 Å². The second-order valence-electron chi connectivity index (χ2n) is 5.12. The Kier molecular flexibility index (Phi) is 3.92. The van der Waals surface area contributed by atoms with Crippen molar-refractivity contribution >= 4 is 5.78 Å². The number of nitrogens with zero attached hydrogens (tertiary/aromatic N) is 1. The van der Waals surface area contributed by atoms with Crippen LogP contribution in [0.15, 0.2) is 16.5 Å². The van der Waals surface area contributed by atoms with Crippen LogP contribution in [0.3, 0.4) is 0 Å². The fraction of sp³-hybridized carbons (Fsp3) is 0.615. The van der Waals surface area contributed by atoms with E-state index in [9.17, 15) is 4.79 Å². The van der Waals surface area contributed by atoms with E-state index in [1.54, 1.807) is 6.92 Å². The molecule has 1 heterocycles. The first-order valence-electron chi connectivity index (χ1n) is 5.56. The molecule has 0 fully saturated rings. The Morgan fingerprint density at radius 2 is 2.06 bits per heavy atom. The predicted molar refractivity (Wildman–Crippen MR) is 64.2 cm³/mol. The maximum absolute atomic E-state index is 11.4. The van der Waals surface area contributed by atoms with E-state index >= 15 is 0 Å². The molecule has 0 N–H and O–H groups in total. The summed E-state index contributed by atoms with van der Waals surface area (Å²) in [6, 6.07) is 3.94. The highest BCUT2D eigenvalue weighted by Crippen LogP contribution is 2.19. The smallest absolute Gasteiger partial charge is 0.136 e. The van der Waals surface area contributed by atoms with Crippen molar-refractivity contribution in [3.8, 4) is 0 Å². The third kappa shape index (κ3) is 3.49. The standard InChI is InChI=1S/C13H21NO2/c1-10-6-7-12(16-10)8-14(5)9-13(3,4)11(2)15/h6-7H,8-9H2,1-5H3. The van der Waals surface area contributed by atoms with Gasteiger partial charge in [-0.15, -0.1) is 0 Å². The Hall–Kier alpha value is -1.09. The van der Waals surface area contributed by atoms with Gasteiger partial charge in [-0.3, -0.25) is 9.69 Å². The maximum atomic E-state index is 11.4. The van der Waals surface area contributed by atoms with Crippen LogP contribution in [-0.2, 0) is 11.3 Å². The average molecular weight is 223 g/mol. The van der Waals surface area contributed by atoms with Gasteiger partial charge in [-0.1, -0.05) is 13.8 Å². The fourth-order valence-electron chi connectivity index (χ4n) is 1.68. The molecule has 3 heteroatoms. The van der Waals surface area contributed by atoms with Gasteiger partial charge in [0.05, 0.1) is 6.54 Å². The molecule has 1 aromatic heterocycles. The highest BCUT2D eigenvalue weighted by Gasteiger charge is 2.25. The number of ketones is 1. The van der Waals surface area contributed by atoms with Gasteiger partial charge in [0.1, 0.15) is 17.3 Å². The van der Waals surface area contributed by atoms with Gasteiger partial charge in [0, 0.05) is 12.0 Å². The highest BCUT2D eigenvalue weighted by molar-refractivity contribution is 5.81. The molecule has 3 nitrogen and oxygen atoms in total. The molecule has 16 heavy (non-hydrogen) atoms. The lowest BCUT2D eigenvalue weighted by molar-refractivity contribution is -0.125. The summed E-state index contributed by atoms with van der Waals surface area (Å²) in [6.07, 6.45) is 0. The molecule has 0 radical (unpaired) electrons. The van der Waals surface area contributed by atoms with Crippen molar-refractivity contribution in [1.82, 2.24) is 4.90 Å². The molecule has 0 atom stereocenters. The highest BCUT2D eigenvalue weighted by atomic mass is 16.3. The average Bonchev–Trinajstić information content (AvgIpc) is 2.49. The van der Waals surface area contributed by atoms with Gasteiger partial charge < -0.3 is 4.42 Å². The van der Waals surface area contributed by atoms with Crippen LogP contribution < -0.4 is 0 Å². The minimum absolute atomic E-state index is 0.218. The van der Waals surface area contributed by atoms with Gasteiger partial charge in [0.25, 0.3) is 0 Å². The number of furan rings is 1. The van der Waals surface area contributed by atoms with E-state index in [1.165, 1.54) is 0 Å². The Balaban J connectivity index is 2.54. The van der Waals surface area contributed by atoms with Crippen LogP contribution >= 0.6 is 0 Å². The molecule has 0 amide bonds. The lowest BCUT2D eigenvalue weighted by Gasteiger charge is -2.27. The molecule has 1 aromatic rings. The molecular weight excluding hydrogens is 202 g/mol. The van der Waals surface area contributed by atoms with Gasteiger partial charge >= 0.3 is 0 Å². The summed E-state index contributed by atoms with van der Waals surface area (Å²) in [4.78, 5) is 13.5. The van der Waals surface area contributed by atoms with Crippen molar-refractivity contribution in [2.24, 2.45) is 5.41 Å². The summed E-state index contributed by atoms with van der Waals surface area (Å²) in [7, 11) is 2.00. The quantitative estimate of drug-likeness (QED) is 0.769. The fourth-order valence-corrected chi connectivity index (χ4v) is 1.68. The summed E-state index contributed by atoms with van der Waals surface area (Å²) in [5, 5.41) is 0. The lowest BCUT2D eigenvalue weighted by Crippen LogP contribution is -2.35. The second kappa shape index (κ2) is 4.83. The number of carbonyl (C=O) groups is 1. The molecule has 0 unspecified atom stereocenters. The molecule has 0 aliphatic carbocycles. The third-order valence-corrected chi connectivity index (χ3v) is 2.84. The third-order valence-electron chi connectivity index (χ3n) is 2.84. The molecule has 0 aliphatic heterocycles. The number of hydrogen-bond acceptors (Lipinski definition) is 3. The van der Waals surface area contributed by atoms with E-state index < -0.39 is 0 Å². The number of carbonyl (C=O) groups excluding carboxylic acids is 1. The van der Waals surface area contributed by atoms with Crippen LogP contribution in [0.5, 0.6) is 0 Å². The van der Waals surface area contributed by atoms with Gasteiger partial charge in [-0.05, 0) is 33.0 Å². The van der Waals surface area contributed by atoms with E-state index in [0.29, 0.717) is 0 Å². The molecular formula is C13H21NO2. The minimum Gasteiger partial charge on any atom is -0.465 e. The maximum Gasteiger partial charge on any atom is 0.136 e. The van der Waals surface area contributed by atoms with Crippen molar-refractivity contribution in [3.05, 3.63) is 23.7 Å². The number of aryl methyl sites for hydroxylation is 1. The summed E-state index contributed by atoms with van der Waals surface area (Å²) >= 11 is 0. The SMILES string of the molecule is CC(=O)C(C)(C)CN(C)Cc1ccc(C)o1. The lowest BCUT2D eigenvalue weighted by atomic mass is 9.88. The minimum atomic E-state index is -0.295. The first-order chi connectivity index (χ1) is 7.31. The van der Waals surface area contributed by atoms with Crippen molar-refractivity contribution < 1.29 is 9.21 Å². The first-order valence-corrected chi connectivity index (χ1v) is 5.56. The van der Waals surface area contributed by atoms with Crippen LogP contribution in [0, 0.1) is 12.3 Å². The molecule has 0 bridgehead atoms. The van der Waals surface area contributed by atoms with Gasteiger partial charge in [0.2, 0.25) is 0 Å². The number of hydrogen-bond donors (Lipinski definition) is 0. The summed E-state index contributed by atoms with van der Waals surface area (Å²) in [6.45, 7) is 9.00. The monoisotopic (exact) mass is 223 g/mol. The Morgan fingerprint density at radius 1 is 1.44 bits per heavy atom. The second-order valence-corrected chi connectivity index (χ2v) is 5.12. The van der Waals surface area contributed by atoms with Crippen LogP contribution in [0.1, 0.15) is 32.3 Å². The van der Waals surface area contributed by atoms with Crippen molar-refractivity contribution in [2.45, 2.75) is 34.2 Å². The van der Waals surface area contributed by atoms with Crippen molar-refractivity contribution in [3.63, 3.8) is 0 Å². The topological polar surface area (TPSA) is 33.5 Å². The van der Waals surface area contributed by atoms with E-state index in [1.807, 2.05) is 40.0 Å². The summed E-state index contributed by atoms with van der Waals surface area (Å²) < 4.78 is 5.50. The first kappa shape index (κ1) is 13.0. The van der Waals surface area contributed by atoms with Crippen LogP contribution in [-0.4, -0.2) is 24.3 Å². The zero-order valence-electron chi connectivity index (χ0n) is 10.8. The summed E-state index contributed by atoms with van der Waals surface area (Å²) in [5.74, 6) is 2.09. The molecule has 0 aromatic carbocycles. The van der Waals surface area contributed by atoms with Crippen molar-refractivity contribution in [2.75, 3.05) is 13.6 Å². The van der Waals surface area contributed by atoms with Crippen LogP contribution in [0.2, 0.25) is 0 Å². The van der Waals surface area contributed by atoms with E-state index in [0.717, 1.165) is 24.6 Å². The zero-order valence-corrected chi connectivity index (χ0v) is 10.8. The molecule has 1 rings (SSSR count). The van der Waals surface area contributed by atoms with Gasteiger partial charge in [-0.2, -0.15) is 0 Å². The number of Topliss-reactive ketones (excluding diaryl/α,β-unsaturated/α-hetero) is 1. The predicted octanol–water partition coefficient (Wildman–Crippen LogP) is 2.64. The van der Waals surface area contributed by atoms with Gasteiger partial charge in [0.15, 0.2) is 0 Å².